The fourth-order valence-corrected chi connectivity index (χ4v) is 4.67. The Balaban J connectivity index is 1.19. The Labute approximate surface area is 245 Å². The SMILES string of the molecule is O=C(CSc1ccc(NC(=O)/C(=C/c2ccc(F)cc2)NC(=O)c2ccccc2)cc1)Nc1ccc2c(c1)OCCO2. The summed E-state index contributed by atoms with van der Waals surface area (Å²) in [5.41, 5.74) is 2.02. The highest BCUT2D eigenvalue weighted by atomic mass is 32.2. The molecule has 0 unspecified atom stereocenters. The van der Waals surface area contributed by atoms with Crippen molar-refractivity contribution in [3.8, 4) is 11.5 Å². The van der Waals surface area contributed by atoms with Gasteiger partial charge in [0.1, 0.15) is 24.7 Å². The third-order valence-electron chi connectivity index (χ3n) is 6.02. The molecular weight excluding hydrogens is 557 g/mol. The van der Waals surface area contributed by atoms with Crippen molar-refractivity contribution in [2.75, 3.05) is 29.6 Å². The quantitative estimate of drug-likeness (QED) is 0.172. The molecule has 0 saturated carbocycles. The zero-order chi connectivity index (χ0) is 29.3. The van der Waals surface area contributed by atoms with Gasteiger partial charge in [-0.3, -0.25) is 14.4 Å². The van der Waals surface area contributed by atoms with Crippen LogP contribution in [0.4, 0.5) is 15.8 Å². The molecule has 4 aromatic rings. The maximum atomic E-state index is 13.4. The monoisotopic (exact) mass is 583 g/mol. The summed E-state index contributed by atoms with van der Waals surface area (Å²) in [6.07, 6.45) is 1.47. The van der Waals surface area contributed by atoms with Gasteiger partial charge in [-0.25, -0.2) is 4.39 Å². The normalized spacial score (nSPS) is 12.3. The maximum Gasteiger partial charge on any atom is 0.272 e. The van der Waals surface area contributed by atoms with E-state index < -0.39 is 17.6 Å². The molecule has 8 nitrogen and oxygen atoms in total. The lowest BCUT2D eigenvalue weighted by Crippen LogP contribution is -2.30. The van der Waals surface area contributed by atoms with E-state index in [0.29, 0.717) is 47.2 Å². The third kappa shape index (κ3) is 7.76. The van der Waals surface area contributed by atoms with Crippen molar-refractivity contribution in [3.05, 3.63) is 120 Å². The van der Waals surface area contributed by atoms with Gasteiger partial charge in [-0.05, 0) is 72.3 Å². The minimum absolute atomic E-state index is 0.00951. The van der Waals surface area contributed by atoms with Gasteiger partial charge in [-0.15, -0.1) is 11.8 Å². The van der Waals surface area contributed by atoms with Gasteiger partial charge in [0.05, 0.1) is 5.75 Å². The molecule has 0 radical (unpaired) electrons. The van der Waals surface area contributed by atoms with Crippen molar-refractivity contribution in [1.29, 1.82) is 0 Å². The zero-order valence-corrected chi connectivity index (χ0v) is 23.1. The largest absolute Gasteiger partial charge is 0.486 e. The minimum atomic E-state index is -0.553. The average molecular weight is 584 g/mol. The number of benzene rings is 4. The van der Waals surface area contributed by atoms with E-state index in [0.717, 1.165) is 4.90 Å². The van der Waals surface area contributed by atoms with Gasteiger partial charge in [0, 0.05) is 27.9 Å². The number of carbonyl (C=O) groups is 3. The Morgan fingerprint density at radius 3 is 2.21 bits per heavy atom. The van der Waals surface area contributed by atoms with Crippen molar-refractivity contribution >= 4 is 46.9 Å². The number of anilines is 2. The lowest BCUT2D eigenvalue weighted by atomic mass is 10.1. The van der Waals surface area contributed by atoms with Crippen LogP contribution in [-0.2, 0) is 9.59 Å². The van der Waals surface area contributed by atoms with Crippen LogP contribution in [-0.4, -0.2) is 36.7 Å². The Morgan fingerprint density at radius 2 is 1.48 bits per heavy atom. The number of amides is 3. The molecule has 3 N–H and O–H groups in total. The standard InChI is InChI=1S/C32H26FN3O5S/c33-23-8-6-21(7-9-23)18-27(36-31(38)22-4-2-1-3-5-22)32(39)35-24-10-13-26(14-11-24)42-20-30(37)34-25-12-15-28-29(19-25)41-17-16-40-28/h1-15,18-19H,16-17,20H2,(H,34,37)(H,35,39)(H,36,38)/b27-18-. The van der Waals surface area contributed by atoms with Gasteiger partial charge in [-0.1, -0.05) is 30.3 Å². The average Bonchev–Trinajstić information content (AvgIpc) is 3.01. The van der Waals surface area contributed by atoms with Crippen LogP contribution in [0.1, 0.15) is 15.9 Å². The summed E-state index contributed by atoms with van der Waals surface area (Å²) < 4.78 is 24.4. The summed E-state index contributed by atoms with van der Waals surface area (Å²) in [5, 5.41) is 8.27. The molecule has 212 valence electrons. The molecule has 5 rings (SSSR count). The number of hydrogen-bond acceptors (Lipinski definition) is 6. The van der Waals surface area contributed by atoms with E-state index in [4.69, 9.17) is 9.47 Å². The van der Waals surface area contributed by atoms with Crippen LogP contribution in [0, 0.1) is 5.82 Å². The highest BCUT2D eigenvalue weighted by Crippen LogP contribution is 2.32. The molecule has 10 heteroatoms. The van der Waals surface area contributed by atoms with Crippen molar-refractivity contribution in [2.45, 2.75) is 4.90 Å². The Kier molecular flexibility index (Phi) is 9.15. The second kappa shape index (κ2) is 13.5. The molecule has 3 amide bonds. The molecule has 1 aliphatic rings. The molecule has 0 saturated heterocycles. The first-order valence-electron chi connectivity index (χ1n) is 13.0. The fourth-order valence-electron chi connectivity index (χ4n) is 3.97. The Hall–Kier alpha value is -5.09. The Bertz CT molecular complexity index is 1610. The van der Waals surface area contributed by atoms with Gasteiger partial charge >= 0.3 is 0 Å². The van der Waals surface area contributed by atoms with Crippen molar-refractivity contribution < 1.29 is 28.2 Å². The van der Waals surface area contributed by atoms with Crippen LogP contribution in [0.2, 0.25) is 0 Å². The number of carbonyl (C=O) groups excluding carboxylic acids is 3. The molecule has 0 atom stereocenters. The van der Waals surface area contributed by atoms with E-state index in [2.05, 4.69) is 16.0 Å². The Morgan fingerprint density at radius 1 is 0.786 bits per heavy atom. The number of fused-ring (bicyclic) bond motifs is 1. The first-order chi connectivity index (χ1) is 20.4. The summed E-state index contributed by atoms with van der Waals surface area (Å²) in [5.74, 6) is -0.180. The molecule has 4 aromatic carbocycles. The lowest BCUT2D eigenvalue weighted by Gasteiger charge is -2.19. The number of hydrogen-bond donors (Lipinski definition) is 3. The second-order valence-corrected chi connectivity index (χ2v) is 10.2. The molecular formula is C32H26FN3O5S. The van der Waals surface area contributed by atoms with Crippen LogP contribution >= 0.6 is 11.8 Å². The second-order valence-electron chi connectivity index (χ2n) is 9.10. The summed E-state index contributed by atoms with van der Waals surface area (Å²) in [6.45, 7) is 0.960. The molecule has 0 aromatic heterocycles. The van der Waals surface area contributed by atoms with Crippen LogP contribution in [0.3, 0.4) is 0 Å². The zero-order valence-electron chi connectivity index (χ0n) is 22.3. The molecule has 1 aliphatic heterocycles. The van der Waals surface area contributed by atoms with E-state index >= 15 is 0 Å². The summed E-state index contributed by atoms with van der Waals surface area (Å²) >= 11 is 1.34. The topological polar surface area (TPSA) is 106 Å². The predicted molar refractivity (Wildman–Crippen MR) is 160 cm³/mol. The molecule has 0 spiro atoms. The fraction of sp³-hybridized carbons (Fsp3) is 0.0938. The molecule has 0 aliphatic carbocycles. The number of ether oxygens (including phenoxy) is 2. The number of rotatable bonds is 9. The number of thioether (sulfide) groups is 1. The van der Waals surface area contributed by atoms with Gasteiger partial charge in [-0.2, -0.15) is 0 Å². The number of halogens is 1. The van der Waals surface area contributed by atoms with Crippen LogP contribution < -0.4 is 25.4 Å². The summed E-state index contributed by atoms with van der Waals surface area (Å²) in [4.78, 5) is 39.2. The van der Waals surface area contributed by atoms with Gasteiger partial charge in [0.15, 0.2) is 11.5 Å². The van der Waals surface area contributed by atoms with E-state index in [9.17, 15) is 18.8 Å². The van der Waals surface area contributed by atoms with Gasteiger partial charge in [0.25, 0.3) is 11.8 Å². The van der Waals surface area contributed by atoms with E-state index in [1.807, 2.05) is 0 Å². The minimum Gasteiger partial charge on any atom is -0.486 e. The highest BCUT2D eigenvalue weighted by Gasteiger charge is 2.16. The molecule has 1 heterocycles. The first-order valence-corrected chi connectivity index (χ1v) is 14.0. The van der Waals surface area contributed by atoms with Crippen molar-refractivity contribution in [1.82, 2.24) is 5.32 Å². The number of nitrogens with one attached hydrogen (secondary N) is 3. The highest BCUT2D eigenvalue weighted by molar-refractivity contribution is 8.00. The summed E-state index contributed by atoms with van der Waals surface area (Å²) in [7, 11) is 0. The van der Waals surface area contributed by atoms with E-state index in [-0.39, 0.29) is 17.4 Å². The smallest absolute Gasteiger partial charge is 0.272 e. The van der Waals surface area contributed by atoms with Gasteiger partial charge < -0.3 is 25.4 Å². The van der Waals surface area contributed by atoms with E-state index in [1.165, 1.54) is 42.1 Å². The molecule has 0 fully saturated rings. The van der Waals surface area contributed by atoms with Crippen molar-refractivity contribution in [2.24, 2.45) is 0 Å². The van der Waals surface area contributed by atoms with E-state index in [1.54, 1.807) is 72.8 Å². The van der Waals surface area contributed by atoms with Crippen LogP contribution in [0.25, 0.3) is 6.08 Å². The predicted octanol–water partition coefficient (Wildman–Crippen LogP) is 5.74. The van der Waals surface area contributed by atoms with Crippen LogP contribution in [0.15, 0.2) is 108 Å². The van der Waals surface area contributed by atoms with Gasteiger partial charge in [0.2, 0.25) is 5.91 Å². The van der Waals surface area contributed by atoms with Crippen LogP contribution in [0.5, 0.6) is 11.5 Å². The van der Waals surface area contributed by atoms with Crippen molar-refractivity contribution in [3.63, 3.8) is 0 Å². The first kappa shape index (κ1) is 28.4. The molecule has 42 heavy (non-hydrogen) atoms. The maximum absolute atomic E-state index is 13.4. The third-order valence-corrected chi connectivity index (χ3v) is 7.03. The molecule has 0 bridgehead atoms. The lowest BCUT2D eigenvalue weighted by molar-refractivity contribution is -0.114. The summed E-state index contributed by atoms with van der Waals surface area (Å²) in [6, 6.07) is 26.3.